The molecule has 108 valence electrons. The van der Waals surface area contributed by atoms with Gasteiger partial charge < -0.3 is 10.6 Å². The Labute approximate surface area is 132 Å². The van der Waals surface area contributed by atoms with Crippen LogP contribution in [0.1, 0.15) is 37.4 Å². The molecule has 1 aliphatic carbocycles. The molecule has 0 spiro atoms. The average molecular weight is 377 g/mol. The second-order valence-corrected chi connectivity index (χ2v) is 4.80. The lowest BCUT2D eigenvalue weighted by Crippen LogP contribution is -2.38. The summed E-state index contributed by atoms with van der Waals surface area (Å²) < 4.78 is 0. The van der Waals surface area contributed by atoms with Crippen LogP contribution in [0.15, 0.2) is 11.2 Å². The van der Waals surface area contributed by atoms with Gasteiger partial charge in [0.2, 0.25) is 0 Å². The van der Waals surface area contributed by atoms with Gasteiger partial charge in [0.25, 0.3) is 0 Å². The highest BCUT2D eigenvalue weighted by Gasteiger charge is 2.21. The van der Waals surface area contributed by atoms with Crippen LogP contribution in [0.25, 0.3) is 0 Å². The number of aryl methyl sites for hydroxylation is 2. The van der Waals surface area contributed by atoms with E-state index in [2.05, 4.69) is 39.7 Å². The van der Waals surface area contributed by atoms with Gasteiger partial charge in [-0.1, -0.05) is 0 Å². The van der Waals surface area contributed by atoms with Gasteiger partial charge in [0.05, 0.1) is 6.20 Å². The molecule has 0 bridgehead atoms. The number of rotatable bonds is 6. The zero-order valence-corrected chi connectivity index (χ0v) is 14.0. The summed E-state index contributed by atoms with van der Waals surface area (Å²) in [6, 6.07) is 0.652. The molecule has 1 fully saturated rings. The highest BCUT2D eigenvalue weighted by molar-refractivity contribution is 14.0. The van der Waals surface area contributed by atoms with Crippen LogP contribution in [0.5, 0.6) is 0 Å². The maximum absolute atomic E-state index is 4.59. The minimum Gasteiger partial charge on any atom is -0.357 e. The van der Waals surface area contributed by atoms with E-state index in [1.165, 1.54) is 24.1 Å². The zero-order valence-electron chi connectivity index (χ0n) is 11.7. The van der Waals surface area contributed by atoms with Crippen LogP contribution in [0.3, 0.4) is 0 Å². The third-order valence-corrected chi connectivity index (χ3v) is 3.07. The van der Waals surface area contributed by atoms with Gasteiger partial charge in [0.15, 0.2) is 5.96 Å². The Morgan fingerprint density at radius 2 is 2.32 bits per heavy atom. The molecule has 1 saturated carbocycles. The Balaban J connectivity index is 0.00000180. The molecule has 1 aromatic heterocycles. The molecular weight excluding hydrogens is 353 g/mol. The maximum atomic E-state index is 4.59. The Morgan fingerprint density at radius 1 is 1.53 bits per heavy atom. The summed E-state index contributed by atoms with van der Waals surface area (Å²) in [7, 11) is 0. The number of nitrogens with one attached hydrogen (secondary N) is 3. The molecule has 1 aliphatic rings. The van der Waals surface area contributed by atoms with Gasteiger partial charge in [-0.2, -0.15) is 5.10 Å². The van der Waals surface area contributed by atoms with E-state index in [0.29, 0.717) is 6.04 Å². The molecule has 1 aromatic rings. The number of H-pyrrole nitrogens is 1. The summed E-state index contributed by atoms with van der Waals surface area (Å²) in [4.78, 5) is 4.59. The van der Waals surface area contributed by atoms with Crippen LogP contribution < -0.4 is 10.6 Å². The summed E-state index contributed by atoms with van der Waals surface area (Å²) in [6.07, 6.45) is 6.56. The van der Waals surface area contributed by atoms with E-state index in [4.69, 9.17) is 0 Å². The molecule has 0 amide bonds. The first-order valence-electron chi connectivity index (χ1n) is 6.83. The number of hydrogen-bond acceptors (Lipinski definition) is 2. The van der Waals surface area contributed by atoms with Crippen LogP contribution >= 0.6 is 24.0 Å². The number of halogens is 1. The number of aromatic nitrogens is 2. The van der Waals surface area contributed by atoms with Crippen LogP contribution in [-0.2, 0) is 6.42 Å². The standard InChI is InChI=1S/C13H23N5.HI/c1-3-14-13(17-12-6-7-12)15-8-4-5-11-9-16-18-10(11)2;/h9,12H,3-8H2,1-2H3,(H,16,18)(H2,14,15,17);1H. The van der Waals surface area contributed by atoms with E-state index in [1.54, 1.807) is 0 Å². The van der Waals surface area contributed by atoms with Crippen molar-refractivity contribution in [3.63, 3.8) is 0 Å². The summed E-state index contributed by atoms with van der Waals surface area (Å²) in [5.74, 6) is 0.962. The average Bonchev–Trinajstić information content (AvgIpc) is 3.07. The second-order valence-electron chi connectivity index (χ2n) is 4.80. The second kappa shape index (κ2) is 8.39. The minimum atomic E-state index is 0. The molecule has 0 radical (unpaired) electrons. The summed E-state index contributed by atoms with van der Waals surface area (Å²) in [6.45, 7) is 5.93. The Hall–Kier alpha value is -0.790. The van der Waals surface area contributed by atoms with E-state index < -0.39 is 0 Å². The van der Waals surface area contributed by atoms with Crippen LogP contribution in [0.2, 0.25) is 0 Å². The Bertz CT molecular complexity index is 397. The van der Waals surface area contributed by atoms with Crippen molar-refractivity contribution in [2.45, 2.75) is 45.6 Å². The molecule has 1 heterocycles. The third-order valence-electron chi connectivity index (χ3n) is 3.07. The van der Waals surface area contributed by atoms with Crippen molar-refractivity contribution in [1.82, 2.24) is 20.8 Å². The topological polar surface area (TPSA) is 65.1 Å². The molecule has 0 saturated heterocycles. The highest BCUT2D eigenvalue weighted by Crippen LogP contribution is 2.18. The van der Waals surface area contributed by atoms with Crippen molar-refractivity contribution >= 4 is 29.9 Å². The van der Waals surface area contributed by atoms with Crippen LogP contribution in [0.4, 0.5) is 0 Å². The first-order chi connectivity index (χ1) is 8.79. The normalized spacial score (nSPS) is 14.9. The van der Waals surface area contributed by atoms with Crippen molar-refractivity contribution in [2.24, 2.45) is 4.99 Å². The van der Waals surface area contributed by atoms with E-state index in [1.807, 2.05) is 6.20 Å². The summed E-state index contributed by atoms with van der Waals surface area (Å²) >= 11 is 0. The molecule has 0 atom stereocenters. The molecule has 5 nitrogen and oxygen atoms in total. The smallest absolute Gasteiger partial charge is 0.191 e. The number of nitrogens with zero attached hydrogens (tertiary/aromatic N) is 2. The number of hydrogen-bond donors (Lipinski definition) is 3. The van der Waals surface area contributed by atoms with E-state index >= 15 is 0 Å². The number of aromatic amines is 1. The fourth-order valence-electron chi connectivity index (χ4n) is 1.83. The molecular formula is C13H24IN5. The zero-order chi connectivity index (χ0) is 12.8. The minimum absolute atomic E-state index is 0. The highest BCUT2D eigenvalue weighted by atomic mass is 127. The van der Waals surface area contributed by atoms with E-state index in [-0.39, 0.29) is 24.0 Å². The third kappa shape index (κ3) is 5.80. The van der Waals surface area contributed by atoms with Gasteiger partial charge in [0, 0.05) is 24.8 Å². The Kier molecular flexibility index (Phi) is 7.19. The fraction of sp³-hybridized carbons (Fsp3) is 0.692. The van der Waals surface area contributed by atoms with Crippen molar-refractivity contribution < 1.29 is 0 Å². The first kappa shape index (κ1) is 16.3. The lowest BCUT2D eigenvalue weighted by molar-refractivity contribution is 0.781. The summed E-state index contributed by atoms with van der Waals surface area (Å²) in [5.41, 5.74) is 2.47. The van der Waals surface area contributed by atoms with Gasteiger partial charge >= 0.3 is 0 Å². The largest absolute Gasteiger partial charge is 0.357 e. The predicted molar refractivity (Wildman–Crippen MR) is 89.2 cm³/mol. The first-order valence-corrected chi connectivity index (χ1v) is 6.83. The lowest BCUT2D eigenvalue weighted by Gasteiger charge is -2.09. The van der Waals surface area contributed by atoms with Gasteiger partial charge in [-0.3, -0.25) is 10.1 Å². The van der Waals surface area contributed by atoms with Gasteiger partial charge in [-0.25, -0.2) is 0 Å². The monoisotopic (exact) mass is 377 g/mol. The molecule has 3 N–H and O–H groups in total. The molecule has 0 aromatic carbocycles. The van der Waals surface area contributed by atoms with E-state index in [9.17, 15) is 0 Å². The van der Waals surface area contributed by atoms with Crippen molar-refractivity contribution in [2.75, 3.05) is 13.1 Å². The molecule has 6 heteroatoms. The molecule has 0 unspecified atom stereocenters. The summed E-state index contributed by atoms with van der Waals surface area (Å²) in [5, 5.41) is 13.7. The van der Waals surface area contributed by atoms with Crippen LogP contribution in [-0.4, -0.2) is 35.3 Å². The predicted octanol–water partition coefficient (Wildman–Crippen LogP) is 1.99. The van der Waals surface area contributed by atoms with Gasteiger partial charge in [-0.15, -0.1) is 24.0 Å². The van der Waals surface area contributed by atoms with Gasteiger partial charge in [-0.05, 0) is 45.1 Å². The van der Waals surface area contributed by atoms with Crippen LogP contribution in [0, 0.1) is 6.92 Å². The van der Waals surface area contributed by atoms with Crippen molar-refractivity contribution in [3.05, 3.63) is 17.5 Å². The Morgan fingerprint density at radius 3 is 2.89 bits per heavy atom. The maximum Gasteiger partial charge on any atom is 0.191 e. The van der Waals surface area contributed by atoms with Crippen molar-refractivity contribution in [1.29, 1.82) is 0 Å². The van der Waals surface area contributed by atoms with Crippen molar-refractivity contribution in [3.8, 4) is 0 Å². The fourth-order valence-corrected chi connectivity index (χ4v) is 1.83. The SMILES string of the molecule is CCNC(=NCCCc1cn[nH]c1C)NC1CC1.I. The quantitative estimate of drug-likeness (QED) is 0.308. The van der Waals surface area contributed by atoms with E-state index in [0.717, 1.165) is 31.9 Å². The molecule has 19 heavy (non-hydrogen) atoms. The van der Waals surface area contributed by atoms with Gasteiger partial charge in [0.1, 0.15) is 0 Å². The number of aliphatic imine (C=N–C) groups is 1. The molecule has 2 rings (SSSR count). The molecule has 0 aliphatic heterocycles. The number of guanidine groups is 1. The lowest BCUT2D eigenvalue weighted by atomic mass is 10.1.